The fraction of sp³-hybridized carbons (Fsp3) is 0.600. The van der Waals surface area contributed by atoms with Crippen LogP contribution < -0.4 is 11.3 Å². The lowest BCUT2D eigenvalue weighted by Crippen LogP contribution is -2.35. The molecule has 0 heterocycles. The van der Waals surface area contributed by atoms with Gasteiger partial charge in [-0.05, 0) is 42.4 Å². The highest BCUT2D eigenvalue weighted by atomic mass is 35.5. The van der Waals surface area contributed by atoms with E-state index in [1.165, 1.54) is 32.1 Å². The summed E-state index contributed by atoms with van der Waals surface area (Å²) in [6.45, 7) is 2.27. The fourth-order valence-corrected chi connectivity index (χ4v) is 3.52. The maximum atomic E-state index is 6.11. The van der Waals surface area contributed by atoms with Crippen molar-refractivity contribution in [3.8, 4) is 0 Å². The molecule has 1 aromatic carbocycles. The lowest BCUT2D eigenvalue weighted by Gasteiger charge is -2.34. The molecule has 1 saturated carbocycles. The van der Waals surface area contributed by atoms with E-state index in [0.717, 1.165) is 11.5 Å². The summed E-state index contributed by atoms with van der Waals surface area (Å²) >= 11 is 12.1. The van der Waals surface area contributed by atoms with E-state index in [9.17, 15) is 0 Å². The first-order valence-corrected chi connectivity index (χ1v) is 7.82. The SMILES string of the molecule is CCC1CCCC(C(NN)c2ccc(Cl)c(Cl)c2)C1. The average Bonchev–Trinajstić information content (AvgIpc) is 2.44. The number of rotatable bonds is 4. The minimum Gasteiger partial charge on any atom is -0.271 e. The van der Waals surface area contributed by atoms with Gasteiger partial charge in [0.1, 0.15) is 0 Å². The molecule has 1 aliphatic rings. The predicted octanol–water partition coefficient (Wildman–Crippen LogP) is 4.71. The Hall–Kier alpha value is -0.280. The summed E-state index contributed by atoms with van der Waals surface area (Å²) in [6.07, 6.45) is 6.38. The highest BCUT2D eigenvalue weighted by molar-refractivity contribution is 6.42. The lowest BCUT2D eigenvalue weighted by atomic mass is 9.75. The Bertz CT molecular complexity index is 423. The summed E-state index contributed by atoms with van der Waals surface area (Å²) in [5.74, 6) is 7.20. The molecule has 2 rings (SSSR count). The summed E-state index contributed by atoms with van der Waals surface area (Å²) < 4.78 is 0. The Morgan fingerprint density at radius 1 is 1.32 bits per heavy atom. The van der Waals surface area contributed by atoms with Crippen LogP contribution in [0.3, 0.4) is 0 Å². The van der Waals surface area contributed by atoms with Crippen LogP contribution in [0.4, 0.5) is 0 Å². The van der Waals surface area contributed by atoms with Crippen molar-refractivity contribution in [2.75, 3.05) is 0 Å². The minimum absolute atomic E-state index is 0.170. The average molecular weight is 301 g/mol. The van der Waals surface area contributed by atoms with E-state index in [4.69, 9.17) is 29.0 Å². The number of nitrogens with two attached hydrogens (primary N) is 1. The maximum absolute atomic E-state index is 6.11. The fourth-order valence-electron chi connectivity index (χ4n) is 3.22. The van der Waals surface area contributed by atoms with Crippen LogP contribution >= 0.6 is 23.2 Å². The third kappa shape index (κ3) is 3.63. The zero-order valence-corrected chi connectivity index (χ0v) is 12.8. The van der Waals surface area contributed by atoms with Gasteiger partial charge in [0.25, 0.3) is 0 Å². The van der Waals surface area contributed by atoms with Crippen molar-refractivity contribution >= 4 is 23.2 Å². The maximum Gasteiger partial charge on any atom is 0.0595 e. The highest BCUT2D eigenvalue weighted by Gasteiger charge is 2.28. The standard InChI is InChI=1S/C15H22Cl2N2/c1-2-10-4-3-5-11(8-10)15(19-18)12-6-7-13(16)14(17)9-12/h6-7,9-11,15,19H,2-5,8,18H2,1H3. The van der Waals surface area contributed by atoms with Crippen LogP contribution in [0, 0.1) is 11.8 Å². The number of hydrogen-bond acceptors (Lipinski definition) is 2. The Kier molecular flexibility index (Phi) is 5.52. The Labute approximate surface area is 125 Å². The van der Waals surface area contributed by atoms with E-state index < -0.39 is 0 Å². The molecule has 1 aromatic rings. The minimum atomic E-state index is 0.170. The summed E-state index contributed by atoms with van der Waals surface area (Å²) in [7, 11) is 0. The quantitative estimate of drug-likeness (QED) is 0.624. The molecule has 0 bridgehead atoms. The number of benzene rings is 1. The Balaban J connectivity index is 2.16. The van der Waals surface area contributed by atoms with Gasteiger partial charge in [0.15, 0.2) is 0 Å². The van der Waals surface area contributed by atoms with Gasteiger partial charge in [-0.25, -0.2) is 0 Å². The summed E-state index contributed by atoms with van der Waals surface area (Å²) in [5.41, 5.74) is 4.12. The number of nitrogens with one attached hydrogen (secondary N) is 1. The van der Waals surface area contributed by atoms with Crippen LogP contribution in [-0.4, -0.2) is 0 Å². The van der Waals surface area contributed by atoms with Crippen LogP contribution in [-0.2, 0) is 0 Å². The van der Waals surface area contributed by atoms with Gasteiger partial charge in [-0.3, -0.25) is 11.3 Å². The van der Waals surface area contributed by atoms with E-state index in [-0.39, 0.29) is 6.04 Å². The van der Waals surface area contributed by atoms with Crippen molar-refractivity contribution < 1.29 is 0 Å². The summed E-state index contributed by atoms with van der Waals surface area (Å²) in [6, 6.07) is 5.98. The second-order valence-electron chi connectivity index (χ2n) is 5.52. The topological polar surface area (TPSA) is 38.0 Å². The highest BCUT2D eigenvalue weighted by Crippen LogP contribution is 2.39. The molecule has 106 valence electrons. The van der Waals surface area contributed by atoms with Gasteiger partial charge in [-0.2, -0.15) is 0 Å². The monoisotopic (exact) mass is 300 g/mol. The van der Waals surface area contributed by atoms with Crippen molar-refractivity contribution in [3.63, 3.8) is 0 Å². The third-order valence-corrected chi connectivity index (χ3v) is 5.09. The molecule has 4 heteroatoms. The van der Waals surface area contributed by atoms with Gasteiger partial charge in [0, 0.05) is 6.04 Å². The van der Waals surface area contributed by atoms with E-state index >= 15 is 0 Å². The van der Waals surface area contributed by atoms with Crippen LogP contribution in [0.1, 0.15) is 50.6 Å². The molecule has 0 saturated heterocycles. The third-order valence-electron chi connectivity index (χ3n) is 4.35. The molecule has 0 spiro atoms. The van der Waals surface area contributed by atoms with Gasteiger partial charge < -0.3 is 0 Å². The van der Waals surface area contributed by atoms with Crippen molar-refractivity contribution in [2.45, 2.75) is 45.1 Å². The largest absolute Gasteiger partial charge is 0.271 e. The van der Waals surface area contributed by atoms with Crippen LogP contribution in [0.15, 0.2) is 18.2 Å². The molecule has 2 nitrogen and oxygen atoms in total. The number of hydrazine groups is 1. The van der Waals surface area contributed by atoms with Crippen molar-refractivity contribution in [2.24, 2.45) is 17.7 Å². The van der Waals surface area contributed by atoms with E-state index in [1.54, 1.807) is 0 Å². The second-order valence-corrected chi connectivity index (χ2v) is 6.33. The second kappa shape index (κ2) is 6.94. The normalized spacial score (nSPS) is 25.3. The molecule has 3 unspecified atom stereocenters. The summed E-state index contributed by atoms with van der Waals surface area (Å²) in [4.78, 5) is 0. The number of halogens is 2. The molecule has 3 atom stereocenters. The number of hydrogen-bond donors (Lipinski definition) is 2. The first-order chi connectivity index (χ1) is 9.15. The zero-order valence-electron chi connectivity index (χ0n) is 11.3. The molecule has 1 aliphatic carbocycles. The Morgan fingerprint density at radius 2 is 2.11 bits per heavy atom. The molecule has 3 N–H and O–H groups in total. The van der Waals surface area contributed by atoms with Gasteiger partial charge in [-0.1, -0.05) is 55.5 Å². The molecule has 1 fully saturated rings. The van der Waals surface area contributed by atoms with Gasteiger partial charge in [0.2, 0.25) is 0 Å². The first kappa shape index (κ1) is 15.1. The molecule has 0 aliphatic heterocycles. The van der Waals surface area contributed by atoms with E-state index in [1.807, 2.05) is 18.2 Å². The first-order valence-electron chi connectivity index (χ1n) is 7.06. The van der Waals surface area contributed by atoms with Crippen molar-refractivity contribution in [1.29, 1.82) is 0 Å². The predicted molar refractivity (Wildman–Crippen MR) is 82.3 cm³/mol. The molecule has 0 aromatic heterocycles. The van der Waals surface area contributed by atoms with Gasteiger partial charge >= 0.3 is 0 Å². The van der Waals surface area contributed by atoms with Crippen LogP contribution in [0.5, 0.6) is 0 Å². The molecular weight excluding hydrogens is 279 g/mol. The van der Waals surface area contributed by atoms with Crippen molar-refractivity contribution in [1.82, 2.24) is 5.43 Å². The smallest absolute Gasteiger partial charge is 0.0595 e. The van der Waals surface area contributed by atoms with E-state index in [0.29, 0.717) is 16.0 Å². The molecule has 19 heavy (non-hydrogen) atoms. The van der Waals surface area contributed by atoms with Gasteiger partial charge in [-0.15, -0.1) is 0 Å². The zero-order chi connectivity index (χ0) is 13.8. The van der Waals surface area contributed by atoms with Crippen molar-refractivity contribution in [3.05, 3.63) is 33.8 Å². The molecular formula is C15H22Cl2N2. The molecule has 0 amide bonds. The van der Waals surface area contributed by atoms with Gasteiger partial charge in [0.05, 0.1) is 10.0 Å². The molecule has 0 radical (unpaired) electrons. The van der Waals surface area contributed by atoms with Crippen LogP contribution in [0.2, 0.25) is 10.0 Å². The lowest BCUT2D eigenvalue weighted by molar-refractivity contribution is 0.210. The van der Waals surface area contributed by atoms with Crippen LogP contribution in [0.25, 0.3) is 0 Å². The Morgan fingerprint density at radius 3 is 2.74 bits per heavy atom. The van der Waals surface area contributed by atoms with E-state index in [2.05, 4.69) is 12.3 Å². The summed E-state index contributed by atoms with van der Waals surface area (Å²) in [5, 5.41) is 1.19.